The Morgan fingerprint density at radius 2 is 2.00 bits per heavy atom. The summed E-state index contributed by atoms with van der Waals surface area (Å²) < 4.78 is 0.982. The zero-order valence-corrected chi connectivity index (χ0v) is 8.39. The number of rotatable bonds is 2. The van der Waals surface area contributed by atoms with Crippen LogP contribution in [0.3, 0.4) is 0 Å². The summed E-state index contributed by atoms with van der Waals surface area (Å²) in [4.78, 5) is 11.2. The van der Waals surface area contributed by atoms with Crippen LogP contribution in [-0.2, 0) is 0 Å². The first-order chi connectivity index (χ1) is 5.74. The van der Waals surface area contributed by atoms with Crippen LogP contribution in [0.4, 0.5) is 0 Å². The van der Waals surface area contributed by atoms with Crippen molar-refractivity contribution in [2.45, 2.75) is 6.92 Å². The topological polar surface area (TPSA) is 29.1 Å². The lowest BCUT2D eigenvalue weighted by Crippen LogP contribution is -2.22. The van der Waals surface area contributed by atoms with E-state index in [9.17, 15) is 4.79 Å². The van der Waals surface area contributed by atoms with Gasteiger partial charge in [-0.1, -0.05) is 15.9 Å². The summed E-state index contributed by atoms with van der Waals surface area (Å²) >= 11 is 3.30. The van der Waals surface area contributed by atoms with Gasteiger partial charge in [-0.15, -0.1) is 0 Å². The number of nitrogens with one attached hydrogen (secondary N) is 1. The largest absolute Gasteiger partial charge is 0.352 e. The lowest BCUT2D eigenvalue weighted by molar-refractivity contribution is 0.0956. The molecule has 0 unspecified atom stereocenters. The number of halogens is 1. The first-order valence-electron chi connectivity index (χ1n) is 3.78. The lowest BCUT2D eigenvalue weighted by Gasteiger charge is -2.00. The third-order valence-corrected chi connectivity index (χ3v) is 1.97. The Balaban J connectivity index is 2.75. The Labute approximate surface area is 80.1 Å². The summed E-state index contributed by atoms with van der Waals surface area (Å²) in [5.41, 5.74) is 0.694. The molecule has 0 aliphatic heterocycles. The van der Waals surface area contributed by atoms with Crippen LogP contribution in [0.1, 0.15) is 17.3 Å². The molecular weight excluding hydrogens is 218 g/mol. The maximum absolute atomic E-state index is 11.2. The predicted octanol–water partition coefficient (Wildman–Crippen LogP) is 2.20. The van der Waals surface area contributed by atoms with Gasteiger partial charge < -0.3 is 5.32 Å². The summed E-state index contributed by atoms with van der Waals surface area (Å²) in [6.45, 7) is 2.56. The van der Waals surface area contributed by atoms with Crippen molar-refractivity contribution >= 4 is 21.8 Å². The lowest BCUT2D eigenvalue weighted by atomic mass is 10.2. The van der Waals surface area contributed by atoms with Gasteiger partial charge in [-0.3, -0.25) is 4.79 Å². The van der Waals surface area contributed by atoms with Crippen molar-refractivity contribution in [2.75, 3.05) is 6.54 Å². The zero-order chi connectivity index (χ0) is 8.97. The van der Waals surface area contributed by atoms with E-state index in [0.29, 0.717) is 12.1 Å². The van der Waals surface area contributed by atoms with Crippen LogP contribution in [0, 0.1) is 0 Å². The SMILES string of the molecule is CCNC(=O)c1ccc(Br)cc1. The van der Waals surface area contributed by atoms with Crippen molar-refractivity contribution in [2.24, 2.45) is 0 Å². The molecule has 0 aromatic heterocycles. The van der Waals surface area contributed by atoms with Gasteiger partial charge in [0.25, 0.3) is 5.91 Å². The van der Waals surface area contributed by atoms with Crippen LogP contribution in [0.15, 0.2) is 28.7 Å². The molecule has 1 aromatic rings. The first-order valence-corrected chi connectivity index (χ1v) is 4.57. The minimum atomic E-state index is -0.0231. The van der Waals surface area contributed by atoms with E-state index in [2.05, 4.69) is 21.2 Å². The second-order valence-electron chi connectivity index (χ2n) is 2.37. The molecule has 64 valence electrons. The molecule has 0 spiro atoms. The second-order valence-corrected chi connectivity index (χ2v) is 3.28. The Morgan fingerprint density at radius 3 is 2.50 bits per heavy atom. The predicted molar refractivity (Wildman–Crippen MR) is 52.1 cm³/mol. The Morgan fingerprint density at radius 1 is 1.42 bits per heavy atom. The normalized spacial score (nSPS) is 9.50. The van der Waals surface area contributed by atoms with E-state index < -0.39 is 0 Å². The maximum Gasteiger partial charge on any atom is 0.251 e. The molecule has 0 radical (unpaired) electrons. The highest BCUT2D eigenvalue weighted by atomic mass is 79.9. The standard InChI is InChI=1S/C9H10BrNO/c1-2-11-9(12)7-3-5-8(10)6-4-7/h3-6H,2H2,1H3,(H,11,12). The van der Waals surface area contributed by atoms with E-state index in [0.717, 1.165) is 4.47 Å². The Hall–Kier alpha value is -0.830. The molecule has 0 atom stereocenters. The van der Waals surface area contributed by atoms with E-state index in [1.807, 2.05) is 19.1 Å². The molecule has 2 nitrogen and oxygen atoms in total. The number of carbonyl (C=O) groups is 1. The van der Waals surface area contributed by atoms with Gasteiger partial charge in [0.15, 0.2) is 0 Å². The fraction of sp³-hybridized carbons (Fsp3) is 0.222. The molecule has 12 heavy (non-hydrogen) atoms. The van der Waals surface area contributed by atoms with Gasteiger partial charge in [-0.2, -0.15) is 0 Å². The summed E-state index contributed by atoms with van der Waals surface area (Å²) in [6, 6.07) is 7.28. The zero-order valence-electron chi connectivity index (χ0n) is 6.80. The molecule has 3 heteroatoms. The van der Waals surface area contributed by atoms with E-state index in [4.69, 9.17) is 0 Å². The van der Waals surface area contributed by atoms with Crippen molar-refractivity contribution in [3.8, 4) is 0 Å². The molecule has 1 amide bonds. The van der Waals surface area contributed by atoms with E-state index >= 15 is 0 Å². The number of hydrogen-bond acceptors (Lipinski definition) is 1. The third kappa shape index (κ3) is 2.34. The van der Waals surface area contributed by atoms with Crippen LogP contribution in [0.5, 0.6) is 0 Å². The summed E-state index contributed by atoms with van der Waals surface area (Å²) in [5.74, 6) is -0.0231. The minimum absolute atomic E-state index is 0.0231. The molecule has 0 aliphatic rings. The fourth-order valence-corrected chi connectivity index (χ4v) is 1.13. The average Bonchev–Trinajstić information content (AvgIpc) is 2.06. The summed E-state index contributed by atoms with van der Waals surface area (Å²) in [6.07, 6.45) is 0. The maximum atomic E-state index is 11.2. The highest BCUT2D eigenvalue weighted by molar-refractivity contribution is 9.10. The minimum Gasteiger partial charge on any atom is -0.352 e. The monoisotopic (exact) mass is 227 g/mol. The molecule has 0 bridgehead atoms. The molecule has 0 fully saturated rings. The van der Waals surface area contributed by atoms with Gasteiger partial charge in [0.1, 0.15) is 0 Å². The first kappa shape index (κ1) is 9.26. The molecule has 1 N–H and O–H groups in total. The molecule has 0 saturated carbocycles. The Kier molecular flexibility index (Phi) is 3.29. The van der Waals surface area contributed by atoms with Gasteiger partial charge in [0.05, 0.1) is 0 Å². The molecule has 1 aromatic carbocycles. The van der Waals surface area contributed by atoms with Crippen LogP contribution in [0.2, 0.25) is 0 Å². The van der Waals surface area contributed by atoms with Crippen LogP contribution >= 0.6 is 15.9 Å². The fourth-order valence-electron chi connectivity index (χ4n) is 0.864. The number of carbonyl (C=O) groups excluding carboxylic acids is 1. The van der Waals surface area contributed by atoms with E-state index in [1.165, 1.54) is 0 Å². The molecule has 0 heterocycles. The number of benzene rings is 1. The summed E-state index contributed by atoms with van der Waals surface area (Å²) in [5, 5.41) is 2.73. The van der Waals surface area contributed by atoms with Gasteiger partial charge in [0.2, 0.25) is 0 Å². The van der Waals surface area contributed by atoms with Gasteiger partial charge >= 0.3 is 0 Å². The molecular formula is C9H10BrNO. The Bertz CT molecular complexity index is 268. The third-order valence-electron chi connectivity index (χ3n) is 1.44. The van der Waals surface area contributed by atoms with E-state index in [1.54, 1.807) is 12.1 Å². The quantitative estimate of drug-likeness (QED) is 0.825. The molecule has 0 saturated heterocycles. The molecule has 0 aliphatic carbocycles. The second kappa shape index (κ2) is 4.26. The van der Waals surface area contributed by atoms with Crippen molar-refractivity contribution < 1.29 is 4.79 Å². The van der Waals surface area contributed by atoms with Crippen molar-refractivity contribution in [3.05, 3.63) is 34.3 Å². The van der Waals surface area contributed by atoms with Crippen molar-refractivity contribution in [1.82, 2.24) is 5.32 Å². The highest BCUT2D eigenvalue weighted by Crippen LogP contribution is 2.10. The van der Waals surface area contributed by atoms with Gasteiger partial charge in [0, 0.05) is 16.6 Å². The molecule has 1 rings (SSSR count). The smallest absolute Gasteiger partial charge is 0.251 e. The van der Waals surface area contributed by atoms with Crippen molar-refractivity contribution in [1.29, 1.82) is 0 Å². The van der Waals surface area contributed by atoms with Crippen molar-refractivity contribution in [3.63, 3.8) is 0 Å². The van der Waals surface area contributed by atoms with Crippen LogP contribution < -0.4 is 5.32 Å². The average molecular weight is 228 g/mol. The van der Waals surface area contributed by atoms with Gasteiger partial charge in [-0.25, -0.2) is 0 Å². The highest BCUT2D eigenvalue weighted by Gasteiger charge is 2.01. The summed E-state index contributed by atoms with van der Waals surface area (Å²) in [7, 11) is 0. The number of amides is 1. The van der Waals surface area contributed by atoms with E-state index in [-0.39, 0.29) is 5.91 Å². The van der Waals surface area contributed by atoms with Crippen LogP contribution in [0.25, 0.3) is 0 Å². The van der Waals surface area contributed by atoms with Gasteiger partial charge in [-0.05, 0) is 31.2 Å². The number of hydrogen-bond donors (Lipinski definition) is 1. The van der Waals surface area contributed by atoms with Crippen LogP contribution in [-0.4, -0.2) is 12.5 Å².